The van der Waals surface area contributed by atoms with Crippen LogP contribution in [0.25, 0.3) is 11.0 Å². The molecule has 1 aromatic heterocycles. The highest BCUT2D eigenvalue weighted by Crippen LogP contribution is 2.25. The topological polar surface area (TPSA) is 75.3 Å². The summed E-state index contributed by atoms with van der Waals surface area (Å²) >= 11 is 0. The van der Waals surface area contributed by atoms with Gasteiger partial charge in [-0.3, -0.25) is 10.2 Å². The fourth-order valence-electron chi connectivity index (χ4n) is 3.26. The van der Waals surface area contributed by atoms with E-state index >= 15 is 0 Å². The highest BCUT2D eigenvalue weighted by molar-refractivity contribution is 5.97. The molecule has 1 amide bonds. The van der Waals surface area contributed by atoms with E-state index in [4.69, 9.17) is 14.6 Å². The fourth-order valence-corrected chi connectivity index (χ4v) is 3.26. The molecule has 0 aliphatic heterocycles. The van der Waals surface area contributed by atoms with Crippen LogP contribution in [0.3, 0.4) is 0 Å². The van der Waals surface area contributed by atoms with E-state index in [9.17, 15) is 4.79 Å². The molecular weight excluding hydrogens is 304 g/mol. The Morgan fingerprint density at radius 1 is 1.29 bits per heavy atom. The van der Waals surface area contributed by atoms with E-state index in [1.165, 1.54) is 12.8 Å². The lowest BCUT2D eigenvalue weighted by Gasteiger charge is -2.16. The van der Waals surface area contributed by atoms with Crippen LogP contribution in [0.1, 0.15) is 55.8 Å². The van der Waals surface area contributed by atoms with Crippen molar-refractivity contribution in [3.05, 3.63) is 35.4 Å². The Balaban J connectivity index is 1.87. The molecule has 2 N–H and O–H groups in total. The SMILES string of the molecule is CCOc1cccc2cc(C(=O)NC3CCCCCC3)c(=N)oc12. The summed E-state index contributed by atoms with van der Waals surface area (Å²) in [6.07, 6.45) is 6.80. The van der Waals surface area contributed by atoms with Crippen molar-refractivity contribution in [3.63, 3.8) is 0 Å². The molecule has 5 heteroatoms. The van der Waals surface area contributed by atoms with Crippen molar-refractivity contribution in [2.75, 3.05) is 6.61 Å². The second kappa shape index (κ2) is 7.51. The standard InChI is InChI=1S/C19H24N2O3/c1-2-23-16-11-7-8-13-12-15(18(20)24-17(13)16)19(22)21-14-9-5-3-4-6-10-14/h7-8,11-12,14,20H,2-6,9-10H2,1H3,(H,21,22). The number of benzene rings is 1. The van der Waals surface area contributed by atoms with Crippen molar-refractivity contribution in [3.8, 4) is 5.75 Å². The van der Waals surface area contributed by atoms with Crippen molar-refractivity contribution in [1.82, 2.24) is 5.32 Å². The van der Waals surface area contributed by atoms with Crippen LogP contribution < -0.4 is 15.6 Å². The first-order valence-corrected chi connectivity index (χ1v) is 8.74. The minimum absolute atomic E-state index is 0.124. The molecule has 1 saturated carbocycles. The fraction of sp³-hybridized carbons (Fsp3) is 0.474. The molecule has 5 nitrogen and oxygen atoms in total. The molecule has 0 unspecified atom stereocenters. The summed E-state index contributed by atoms with van der Waals surface area (Å²) in [7, 11) is 0. The van der Waals surface area contributed by atoms with E-state index in [0.717, 1.165) is 31.1 Å². The highest BCUT2D eigenvalue weighted by atomic mass is 16.5. The minimum atomic E-state index is -0.223. The molecule has 1 aliphatic rings. The third kappa shape index (κ3) is 3.61. The van der Waals surface area contributed by atoms with Crippen molar-refractivity contribution in [2.45, 2.75) is 51.5 Å². The van der Waals surface area contributed by atoms with Gasteiger partial charge in [0.1, 0.15) is 5.56 Å². The molecule has 0 bridgehead atoms. The van der Waals surface area contributed by atoms with Crippen LogP contribution >= 0.6 is 0 Å². The number of fused-ring (bicyclic) bond motifs is 1. The number of hydrogen-bond donors (Lipinski definition) is 2. The summed E-state index contributed by atoms with van der Waals surface area (Å²) in [6, 6.07) is 7.45. The lowest BCUT2D eigenvalue weighted by Crippen LogP contribution is -2.36. The average Bonchev–Trinajstić information content (AvgIpc) is 2.84. The van der Waals surface area contributed by atoms with Gasteiger partial charge in [-0.25, -0.2) is 0 Å². The summed E-state index contributed by atoms with van der Waals surface area (Å²) < 4.78 is 11.1. The van der Waals surface area contributed by atoms with E-state index < -0.39 is 0 Å². The molecule has 0 saturated heterocycles. The lowest BCUT2D eigenvalue weighted by atomic mass is 10.1. The third-order valence-corrected chi connectivity index (χ3v) is 4.49. The van der Waals surface area contributed by atoms with Crippen molar-refractivity contribution < 1.29 is 13.9 Å². The Labute approximate surface area is 141 Å². The van der Waals surface area contributed by atoms with Gasteiger partial charge < -0.3 is 14.5 Å². The number of rotatable bonds is 4. The highest BCUT2D eigenvalue weighted by Gasteiger charge is 2.18. The molecule has 0 radical (unpaired) electrons. The Morgan fingerprint density at radius 3 is 2.75 bits per heavy atom. The van der Waals surface area contributed by atoms with Crippen molar-refractivity contribution in [2.24, 2.45) is 0 Å². The van der Waals surface area contributed by atoms with Crippen LogP contribution in [0, 0.1) is 5.41 Å². The summed E-state index contributed by atoms with van der Waals surface area (Å²) in [5.41, 5.74) is 0.663. The van der Waals surface area contributed by atoms with Gasteiger partial charge in [-0.1, -0.05) is 37.8 Å². The second-order valence-electron chi connectivity index (χ2n) is 6.26. The number of hydrogen-bond acceptors (Lipinski definition) is 4. The number of nitrogens with one attached hydrogen (secondary N) is 2. The molecule has 24 heavy (non-hydrogen) atoms. The largest absolute Gasteiger partial charge is 0.490 e. The zero-order valence-electron chi connectivity index (χ0n) is 14.1. The predicted octanol–water partition coefficient (Wildman–Crippen LogP) is 3.76. The van der Waals surface area contributed by atoms with Gasteiger partial charge in [-0.2, -0.15) is 0 Å². The molecule has 0 atom stereocenters. The molecule has 128 valence electrons. The molecule has 2 aromatic rings. The van der Waals surface area contributed by atoms with Gasteiger partial charge in [0.2, 0.25) is 5.55 Å². The Morgan fingerprint density at radius 2 is 2.04 bits per heavy atom. The maximum Gasteiger partial charge on any atom is 0.257 e. The number of para-hydroxylation sites is 1. The summed E-state index contributed by atoms with van der Waals surface area (Å²) in [4.78, 5) is 12.6. The molecular formula is C19H24N2O3. The van der Waals surface area contributed by atoms with E-state index in [-0.39, 0.29) is 23.1 Å². The zero-order chi connectivity index (χ0) is 16.9. The van der Waals surface area contributed by atoms with Crippen LogP contribution in [0.2, 0.25) is 0 Å². The molecule has 1 fully saturated rings. The van der Waals surface area contributed by atoms with Gasteiger partial charge in [-0.05, 0) is 31.9 Å². The Bertz CT molecular complexity index is 774. The Hall–Kier alpha value is -2.30. The van der Waals surface area contributed by atoms with Crippen LogP contribution in [-0.2, 0) is 0 Å². The summed E-state index contributed by atoms with van der Waals surface area (Å²) in [5.74, 6) is 0.374. The van der Waals surface area contributed by atoms with Gasteiger partial charge in [0.25, 0.3) is 5.91 Å². The zero-order valence-corrected chi connectivity index (χ0v) is 14.1. The maximum absolute atomic E-state index is 12.6. The summed E-state index contributed by atoms with van der Waals surface area (Å²) in [6.45, 7) is 2.42. The van der Waals surface area contributed by atoms with Crippen LogP contribution in [0.4, 0.5) is 0 Å². The van der Waals surface area contributed by atoms with Gasteiger partial charge in [0.15, 0.2) is 11.3 Å². The third-order valence-electron chi connectivity index (χ3n) is 4.49. The molecule has 1 heterocycles. The quantitative estimate of drug-likeness (QED) is 0.839. The van der Waals surface area contributed by atoms with E-state index in [1.807, 2.05) is 19.1 Å². The van der Waals surface area contributed by atoms with Crippen molar-refractivity contribution >= 4 is 16.9 Å². The molecule has 1 aliphatic carbocycles. The predicted molar refractivity (Wildman–Crippen MR) is 92.2 cm³/mol. The van der Waals surface area contributed by atoms with Gasteiger partial charge >= 0.3 is 0 Å². The average molecular weight is 328 g/mol. The first kappa shape index (κ1) is 16.6. The van der Waals surface area contributed by atoms with Crippen LogP contribution in [0.15, 0.2) is 28.7 Å². The lowest BCUT2D eigenvalue weighted by molar-refractivity contribution is 0.0929. The smallest absolute Gasteiger partial charge is 0.257 e. The monoisotopic (exact) mass is 328 g/mol. The second-order valence-corrected chi connectivity index (χ2v) is 6.26. The van der Waals surface area contributed by atoms with Crippen LogP contribution in [0.5, 0.6) is 5.75 Å². The first-order valence-electron chi connectivity index (χ1n) is 8.74. The first-order chi connectivity index (χ1) is 11.7. The number of carbonyl (C=O) groups is 1. The van der Waals surface area contributed by atoms with Gasteiger partial charge in [0, 0.05) is 11.4 Å². The summed E-state index contributed by atoms with van der Waals surface area (Å²) in [5, 5.41) is 11.9. The molecule has 3 rings (SSSR count). The van der Waals surface area contributed by atoms with E-state index in [0.29, 0.717) is 17.9 Å². The van der Waals surface area contributed by atoms with Crippen LogP contribution in [-0.4, -0.2) is 18.6 Å². The Kier molecular flexibility index (Phi) is 5.18. The van der Waals surface area contributed by atoms with E-state index in [1.54, 1.807) is 12.1 Å². The minimum Gasteiger partial charge on any atom is -0.490 e. The maximum atomic E-state index is 12.6. The number of carbonyl (C=O) groups excluding carboxylic acids is 1. The number of ether oxygens (including phenoxy) is 1. The van der Waals surface area contributed by atoms with Gasteiger partial charge in [-0.15, -0.1) is 0 Å². The van der Waals surface area contributed by atoms with E-state index in [2.05, 4.69) is 5.32 Å². The number of amides is 1. The van der Waals surface area contributed by atoms with Gasteiger partial charge in [0.05, 0.1) is 6.61 Å². The van der Waals surface area contributed by atoms with Crippen molar-refractivity contribution in [1.29, 1.82) is 5.41 Å². The molecule has 1 aromatic carbocycles. The molecule has 0 spiro atoms. The normalized spacial score (nSPS) is 15.9.